The van der Waals surface area contributed by atoms with Gasteiger partial charge in [0.2, 0.25) is 5.88 Å². The molecule has 7 nitrogen and oxygen atoms in total. The van der Waals surface area contributed by atoms with Crippen molar-refractivity contribution in [3.63, 3.8) is 0 Å². The molecule has 1 saturated carbocycles. The second-order valence-corrected chi connectivity index (χ2v) is 6.70. The fourth-order valence-corrected chi connectivity index (χ4v) is 3.09. The van der Waals surface area contributed by atoms with Gasteiger partial charge >= 0.3 is 0 Å². The summed E-state index contributed by atoms with van der Waals surface area (Å²) in [5, 5.41) is 13.4. The Labute approximate surface area is 141 Å². The van der Waals surface area contributed by atoms with Crippen LogP contribution in [0.4, 0.5) is 16.0 Å². The van der Waals surface area contributed by atoms with E-state index >= 15 is 0 Å². The highest BCUT2D eigenvalue weighted by Gasteiger charge is 2.31. The molecule has 0 radical (unpaired) electrons. The zero-order valence-corrected chi connectivity index (χ0v) is 14.4. The highest BCUT2D eigenvalue weighted by Crippen LogP contribution is 2.41. The first-order valence-electron chi connectivity index (χ1n) is 8.00. The number of rotatable bonds is 6. The molecule has 4 unspecified atom stereocenters. The molecule has 0 spiro atoms. The zero-order chi connectivity index (χ0) is 16.7. The van der Waals surface area contributed by atoms with Gasteiger partial charge in [0.05, 0.1) is 6.33 Å². The van der Waals surface area contributed by atoms with Crippen LogP contribution in [-0.4, -0.2) is 32.0 Å². The molecule has 9 heteroatoms. The van der Waals surface area contributed by atoms with Crippen molar-refractivity contribution in [2.24, 2.45) is 5.92 Å². The topological polar surface area (TPSA) is 79.8 Å². The fourth-order valence-electron chi connectivity index (χ4n) is 2.95. The van der Waals surface area contributed by atoms with E-state index < -0.39 is 6.10 Å². The number of anilines is 2. The van der Waals surface area contributed by atoms with Gasteiger partial charge in [0, 0.05) is 12.1 Å². The Bertz CT molecular complexity index is 753. The van der Waals surface area contributed by atoms with E-state index in [-0.39, 0.29) is 12.0 Å². The molecule has 1 aliphatic carbocycles. The summed E-state index contributed by atoms with van der Waals surface area (Å²) in [4.78, 5) is 4.47. The van der Waals surface area contributed by atoms with Crippen LogP contribution in [0.25, 0.3) is 6.08 Å². The molecule has 0 bridgehead atoms. The summed E-state index contributed by atoms with van der Waals surface area (Å²) >= 11 is 0. The number of nitrogens with one attached hydrogen (secondary N) is 3. The van der Waals surface area contributed by atoms with Gasteiger partial charge in [0.25, 0.3) is 6.10 Å². The number of halogens is 1. The molecule has 2 aliphatic rings. The van der Waals surface area contributed by atoms with Crippen molar-refractivity contribution in [2.75, 3.05) is 10.6 Å². The molecule has 4 atom stereocenters. The van der Waals surface area contributed by atoms with Crippen LogP contribution in [0, 0.1) is 5.92 Å². The van der Waals surface area contributed by atoms with Crippen molar-refractivity contribution in [3.05, 3.63) is 24.2 Å². The molecule has 2 aromatic heterocycles. The fraction of sp³-hybridized carbons (Fsp3) is 0.467. The van der Waals surface area contributed by atoms with Gasteiger partial charge in [0.15, 0.2) is 0 Å². The maximum Gasteiger partial charge on any atom is 0.251 e. The minimum atomic E-state index is -1.48. The van der Waals surface area contributed by atoms with Crippen LogP contribution in [0.2, 0.25) is 0 Å². The molecule has 0 aromatic carbocycles. The molecule has 1 fully saturated rings. The molecule has 128 valence electrons. The zero-order valence-electron chi connectivity index (χ0n) is 13.2. The molecule has 24 heavy (non-hydrogen) atoms. The lowest BCUT2D eigenvalue weighted by molar-refractivity contribution is 0.147. The number of imidazole rings is 1. The van der Waals surface area contributed by atoms with Crippen molar-refractivity contribution in [1.82, 2.24) is 19.7 Å². The molecule has 0 amide bonds. The van der Waals surface area contributed by atoms with E-state index in [0.29, 0.717) is 11.9 Å². The van der Waals surface area contributed by atoms with Gasteiger partial charge in [-0.2, -0.15) is 4.39 Å². The number of aromatic nitrogens is 4. The van der Waals surface area contributed by atoms with E-state index in [1.165, 1.54) is 12.8 Å². The highest BCUT2D eigenvalue weighted by molar-refractivity contribution is 7.16. The van der Waals surface area contributed by atoms with Crippen LogP contribution >= 0.6 is 9.24 Å². The maximum atomic E-state index is 12.8. The molecule has 0 saturated heterocycles. The van der Waals surface area contributed by atoms with E-state index in [4.69, 9.17) is 4.74 Å². The Hall–Kier alpha value is -2.08. The molecule has 3 N–H and O–H groups in total. The van der Waals surface area contributed by atoms with Gasteiger partial charge in [-0.1, -0.05) is 9.24 Å². The Kier molecular flexibility index (Phi) is 3.92. The van der Waals surface area contributed by atoms with Crippen LogP contribution in [-0.2, 0) is 0 Å². The van der Waals surface area contributed by atoms with Crippen LogP contribution in [0.1, 0.15) is 31.5 Å². The first-order valence-corrected chi connectivity index (χ1v) is 8.66. The third-order valence-corrected chi connectivity index (χ3v) is 4.54. The van der Waals surface area contributed by atoms with Gasteiger partial charge in [-0.25, -0.2) is 4.98 Å². The van der Waals surface area contributed by atoms with E-state index in [9.17, 15) is 4.39 Å². The van der Waals surface area contributed by atoms with Crippen molar-refractivity contribution in [1.29, 1.82) is 0 Å². The summed E-state index contributed by atoms with van der Waals surface area (Å²) in [6.45, 7) is 2.23. The quantitative estimate of drug-likeness (QED) is 0.698. The smallest absolute Gasteiger partial charge is 0.251 e. The van der Waals surface area contributed by atoms with E-state index in [2.05, 4.69) is 37.3 Å². The molecule has 4 rings (SSSR count). The Morgan fingerprint density at radius 1 is 1.50 bits per heavy atom. The van der Waals surface area contributed by atoms with Crippen molar-refractivity contribution >= 4 is 27.0 Å². The van der Waals surface area contributed by atoms with Crippen molar-refractivity contribution in [3.8, 4) is 5.88 Å². The number of hydrogen-bond acceptors (Lipinski definition) is 5. The van der Waals surface area contributed by atoms with Crippen molar-refractivity contribution < 1.29 is 9.13 Å². The molecule has 3 heterocycles. The summed E-state index contributed by atoms with van der Waals surface area (Å²) < 4.78 is 19.9. The van der Waals surface area contributed by atoms with Crippen molar-refractivity contribution in [2.45, 2.75) is 38.1 Å². The van der Waals surface area contributed by atoms with Gasteiger partial charge in [-0.3, -0.25) is 5.10 Å². The maximum absolute atomic E-state index is 12.8. The Morgan fingerprint density at radius 3 is 3.08 bits per heavy atom. The largest absolute Gasteiger partial charge is 0.439 e. The van der Waals surface area contributed by atoms with Crippen LogP contribution in [0.5, 0.6) is 5.88 Å². The minimum absolute atomic E-state index is 0.121. The van der Waals surface area contributed by atoms with Gasteiger partial charge in [-0.15, -0.1) is 5.10 Å². The summed E-state index contributed by atoms with van der Waals surface area (Å²) in [6, 6.07) is 2.06. The highest BCUT2D eigenvalue weighted by atomic mass is 31.0. The monoisotopic (exact) mass is 350 g/mol. The average molecular weight is 350 g/mol. The predicted molar refractivity (Wildman–Crippen MR) is 93.6 cm³/mol. The molecular weight excluding hydrogens is 330 g/mol. The van der Waals surface area contributed by atoms with E-state index in [1.807, 2.05) is 27.7 Å². The molecule has 2 aromatic rings. The number of hydrogen-bond donors (Lipinski definition) is 3. The minimum Gasteiger partial charge on any atom is -0.439 e. The number of nitrogens with zero attached hydrogens (tertiary/aromatic N) is 3. The lowest BCUT2D eigenvalue weighted by atomic mass is 10.2. The standard InChI is InChI=1S/C15H20FN6OP/c1-8(9-2-3-9)22-7-17-10-4-5-11(19-14(10)22)18-12-6-13(21-20-12)23-15(16)24/h4-9,11,15,19H,2-3,24H2,1H3,(H2,18,20,21). The molecule has 1 aliphatic heterocycles. The number of H-pyrrole nitrogens is 1. The van der Waals surface area contributed by atoms with Crippen LogP contribution in [0.15, 0.2) is 18.5 Å². The second kappa shape index (κ2) is 6.09. The number of aromatic amines is 1. The normalized spacial score (nSPS) is 21.7. The first kappa shape index (κ1) is 15.4. The van der Waals surface area contributed by atoms with Gasteiger partial charge < -0.3 is 19.9 Å². The first-order chi connectivity index (χ1) is 11.6. The lowest BCUT2D eigenvalue weighted by Crippen LogP contribution is -2.30. The van der Waals surface area contributed by atoms with Crippen LogP contribution in [0.3, 0.4) is 0 Å². The summed E-state index contributed by atoms with van der Waals surface area (Å²) in [5.41, 5.74) is 0.942. The van der Waals surface area contributed by atoms with Crippen LogP contribution < -0.4 is 15.4 Å². The van der Waals surface area contributed by atoms with E-state index in [0.717, 1.165) is 17.4 Å². The SMILES string of the molecule is CC(C1CC1)n1cnc2c1NC(Nc1cc(OC(F)P)n[nH]1)C=C2. The predicted octanol–water partition coefficient (Wildman–Crippen LogP) is 2.96. The summed E-state index contributed by atoms with van der Waals surface area (Å²) in [5.74, 6) is 2.60. The number of alkyl halides is 1. The third-order valence-electron chi connectivity index (χ3n) is 4.40. The summed E-state index contributed by atoms with van der Waals surface area (Å²) in [6.07, 6.45) is 6.85. The Balaban J connectivity index is 1.46. The summed E-state index contributed by atoms with van der Waals surface area (Å²) in [7, 11) is 1.92. The Morgan fingerprint density at radius 2 is 2.33 bits per heavy atom. The average Bonchev–Trinajstić information content (AvgIpc) is 3.18. The number of ether oxygens (including phenoxy) is 1. The van der Waals surface area contributed by atoms with E-state index in [1.54, 1.807) is 6.07 Å². The second-order valence-electron chi connectivity index (χ2n) is 6.18. The third kappa shape index (κ3) is 3.11. The lowest BCUT2D eigenvalue weighted by Gasteiger charge is -2.24. The van der Waals surface area contributed by atoms with Gasteiger partial charge in [-0.05, 0) is 37.8 Å². The van der Waals surface area contributed by atoms with Gasteiger partial charge in [0.1, 0.15) is 23.5 Å². The molecular formula is C15H20FN6OP. The number of fused-ring (bicyclic) bond motifs is 1.